The number of amides is 1. The van der Waals surface area contributed by atoms with E-state index in [1.54, 1.807) is 0 Å². The summed E-state index contributed by atoms with van der Waals surface area (Å²) < 4.78 is 30.9. The lowest BCUT2D eigenvalue weighted by Gasteiger charge is -2.16. The van der Waals surface area contributed by atoms with Gasteiger partial charge in [0.15, 0.2) is 0 Å². The van der Waals surface area contributed by atoms with Crippen LogP contribution in [0, 0.1) is 0 Å². The van der Waals surface area contributed by atoms with Crippen LogP contribution in [-0.4, -0.2) is 45.8 Å². The maximum atomic E-state index is 11.6. The lowest BCUT2D eigenvalue weighted by atomic mass is 10.2. The summed E-state index contributed by atoms with van der Waals surface area (Å²) in [7, 11) is -3.56. The highest BCUT2D eigenvalue weighted by molar-refractivity contribution is 7.85. The first-order valence-corrected chi connectivity index (χ1v) is 7.36. The van der Waals surface area contributed by atoms with Gasteiger partial charge in [-0.2, -0.15) is 8.42 Å². The molecule has 0 unspecified atom stereocenters. The van der Waals surface area contributed by atoms with Crippen molar-refractivity contribution in [2.45, 2.75) is 32.7 Å². The molecule has 1 atom stereocenters. The summed E-state index contributed by atoms with van der Waals surface area (Å²) in [6.45, 7) is 3.16. The van der Waals surface area contributed by atoms with Crippen molar-refractivity contribution in [3.05, 3.63) is 0 Å². The van der Waals surface area contributed by atoms with Crippen molar-refractivity contribution in [2.75, 3.05) is 19.5 Å². The molecule has 1 N–H and O–H groups in total. The SMILES string of the molecule is CCCOC(=O)[C@H](CCOS(C)(=O)=O)NC(C)=O. The van der Waals surface area contributed by atoms with Crippen LogP contribution in [0.25, 0.3) is 0 Å². The second-order valence-corrected chi connectivity index (χ2v) is 5.38. The molecule has 0 aromatic heterocycles. The summed E-state index contributed by atoms with van der Waals surface area (Å²) in [5.74, 6) is -0.989. The van der Waals surface area contributed by atoms with Crippen LogP contribution in [0.1, 0.15) is 26.7 Å². The number of esters is 1. The second-order valence-electron chi connectivity index (χ2n) is 3.74. The minimum absolute atomic E-state index is 0.0369. The number of hydrogen-bond donors (Lipinski definition) is 1. The molecule has 106 valence electrons. The largest absolute Gasteiger partial charge is 0.464 e. The standard InChI is InChI=1S/C10H19NO6S/c1-4-6-16-10(13)9(11-8(2)12)5-7-17-18(3,14)15/h9H,4-7H2,1-3H3,(H,11,12)/t9-/m0/s1. The fourth-order valence-corrected chi connectivity index (χ4v) is 1.51. The Morgan fingerprint density at radius 1 is 1.28 bits per heavy atom. The fraction of sp³-hybridized carbons (Fsp3) is 0.800. The average molecular weight is 281 g/mol. The first kappa shape index (κ1) is 16.9. The van der Waals surface area contributed by atoms with Crippen molar-refractivity contribution < 1.29 is 26.9 Å². The van der Waals surface area contributed by atoms with Gasteiger partial charge < -0.3 is 10.1 Å². The fourth-order valence-electron chi connectivity index (χ4n) is 1.11. The third kappa shape index (κ3) is 8.94. The van der Waals surface area contributed by atoms with Crippen LogP contribution in [-0.2, 0) is 28.6 Å². The maximum absolute atomic E-state index is 11.6. The van der Waals surface area contributed by atoms with Gasteiger partial charge in [-0.3, -0.25) is 8.98 Å². The molecule has 0 heterocycles. The lowest BCUT2D eigenvalue weighted by Crippen LogP contribution is -2.41. The van der Waals surface area contributed by atoms with E-state index in [0.29, 0.717) is 6.42 Å². The summed E-state index contributed by atoms with van der Waals surface area (Å²) in [5.41, 5.74) is 0. The molecule has 0 aliphatic heterocycles. The zero-order valence-corrected chi connectivity index (χ0v) is 11.6. The van der Waals surface area contributed by atoms with Gasteiger partial charge in [-0.05, 0) is 6.42 Å². The van der Waals surface area contributed by atoms with Crippen molar-refractivity contribution in [1.82, 2.24) is 5.32 Å². The quantitative estimate of drug-likeness (QED) is 0.489. The van der Waals surface area contributed by atoms with E-state index in [9.17, 15) is 18.0 Å². The Kier molecular flexibility index (Phi) is 7.53. The van der Waals surface area contributed by atoms with E-state index in [2.05, 4.69) is 9.50 Å². The van der Waals surface area contributed by atoms with Gasteiger partial charge >= 0.3 is 5.97 Å². The Morgan fingerprint density at radius 2 is 1.89 bits per heavy atom. The monoisotopic (exact) mass is 281 g/mol. The molecule has 0 aliphatic rings. The van der Waals surface area contributed by atoms with Crippen LogP contribution in [0.4, 0.5) is 0 Å². The smallest absolute Gasteiger partial charge is 0.328 e. The van der Waals surface area contributed by atoms with E-state index >= 15 is 0 Å². The Labute approximate surface area is 107 Å². The maximum Gasteiger partial charge on any atom is 0.328 e. The summed E-state index contributed by atoms with van der Waals surface area (Å²) in [5, 5.41) is 2.39. The molecule has 1 amide bonds. The van der Waals surface area contributed by atoms with Crippen molar-refractivity contribution in [1.29, 1.82) is 0 Å². The van der Waals surface area contributed by atoms with Gasteiger partial charge in [0, 0.05) is 13.3 Å². The highest BCUT2D eigenvalue weighted by Crippen LogP contribution is 2.00. The van der Waals surface area contributed by atoms with Crippen LogP contribution in [0.3, 0.4) is 0 Å². The van der Waals surface area contributed by atoms with Crippen LogP contribution in [0.2, 0.25) is 0 Å². The van der Waals surface area contributed by atoms with Crippen molar-refractivity contribution in [2.24, 2.45) is 0 Å². The number of nitrogens with one attached hydrogen (secondary N) is 1. The first-order valence-electron chi connectivity index (χ1n) is 5.54. The molecule has 0 saturated carbocycles. The number of rotatable bonds is 8. The number of hydrogen-bond acceptors (Lipinski definition) is 6. The highest BCUT2D eigenvalue weighted by atomic mass is 32.2. The first-order chi connectivity index (χ1) is 8.26. The van der Waals surface area contributed by atoms with Crippen molar-refractivity contribution in [3.8, 4) is 0 Å². The topological polar surface area (TPSA) is 98.8 Å². The van der Waals surface area contributed by atoms with Gasteiger partial charge in [0.2, 0.25) is 5.91 Å². The minimum Gasteiger partial charge on any atom is -0.464 e. The molecule has 18 heavy (non-hydrogen) atoms. The molecular weight excluding hydrogens is 262 g/mol. The van der Waals surface area contributed by atoms with E-state index in [1.165, 1.54) is 6.92 Å². The lowest BCUT2D eigenvalue weighted by molar-refractivity contribution is -0.148. The summed E-state index contributed by atoms with van der Waals surface area (Å²) in [4.78, 5) is 22.5. The van der Waals surface area contributed by atoms with E-state index in [4.69, 9.17) is 4.74 Å². The summed E-state index contributed by atoms with van der Waals surface area (Å²) in [6.07, 6.45) is 1.61. The van der Waals surface area contributed by atoms with Gasteiger partial charge in [-0.15, -0.1) is 0 Å². The summed E-state index contributed by atoms with van der Waals surface area (Å²) >= 11 is 0. The van der Waals surface area contributed by atoms with Crippen LogP contribution in [0.15, 0.2) is 0 Å². The van der Waals surface area contributed by atoms with Crippen LogP contribution >= 0.6 is 0 Å². The highest BCUT2D eigenvalue weighted by Gasteiger charge is 2.21. The molecule has 0 spiro atoms. The Hall–Kier alpha value is -1.15. The van der Waals surface area contributed by atoms with E-state index in [0.717, 1.165) is 6.26 Å². The molecule has 0 fully saturated rings. The normalized spacial score (nSPS) is 12.8. The number of carbonyl (C=O) groups excluding carboxylic acids is 2. The number of ether oxygens (including phenoxy) is 1. The molecule has 0 aliphatic carbocycles. The van der Waals surface area contributed by atoms with E-state index in [1.807, 2.05) is 6.92 Å². The Morgan fingerprint density at radius 3 is 2.33 bits per heavy atom. The van der Waals surface area contributed by atoms with Crippen LogP contribution < -0.4 is 5.32 Å². The molecule has 8 heteroatoms. The molecule has 0 saturated heterocycles. The Bertz CT molecular complexity index is 378. The zero-order chi connectivity index (χ0) is 14.2. The van der Waals surface area contributed by atoms with E-state index in [-0.39, 0.29) is 19.6 Å². The van der Waals surface area contributed by atoms with Crippen molar-refractivity contribution >= 4 is 22.0 Å². The third-order valence-electron chi connectivity index (χ3n) is 1.81. The van der Waals surface area contributed by atoms with Gasteiger partial charge in [0.05, 0.1) is 19.5 Å². The molecule has 0 aromatic rings. The van der Waals surface area contributed by atoms with Crippen LogP contribution in [0.5, 0.6) is 0 Å². The zero-order valence-electron chi connectivity index (χ0n) is 10.8. The Balaban J connectivity index is 4.30. The molecular formula is C10H19NO6S. The van der Waals surface area contributed by atoms with Crippen molar-refractivity contribution in [3.63, 3.8) is 0 Å². The number of carbonyl (C=O) groups is 2. The molecule has 0 bridgehead atoms. The van der Waals surface area contributed by atoms with Gasteiger partial charge in [0.25, 0.3) is 10.1 Å². The molecule has 7 nitrogen and oxygen atoms in total. The second kappa shape index (κ2) is 8.04. The molecule has 0 radical (unpaired) electrons. The van der Waals surface area contributed by atoms with E-state index < -0.39 is 28.0 Å². The van der Waals surface area contributed by atoms with Gasteiger partial charge in [-0.1, -0.05) is 6.92 Å². The van der Waals surface area contributed by atoms with Gasteiger partial charge in [0.1, 0.15) is 6.04 Å². The predicted molar refractivity (Wildman–Crippen MR) is 64.3 cm³/mol. The predicted octanol–water partition coefficient (Wildman–Crippen LogP) is -0.189. The molecule has 0 aromatic carbocycles. The van der Waals surface area contributed by atoms with Gasteiger partial charge in [-0.25, -0.2) is 4.79 Å². The summed E-state index contributed by atoms with van der Waals surface area (Å²) in [6, 6.07) is -0.893. The third-order valence-corrected chi connectivity index (χ3v) is 2.41. The average Bonchev–Trinajstić information content (AvgIpc) is 2.22. The minimum atomic E-state index is -3.56. The molecule has 0 rings (SSSR count).